The van der Waals surface area contributed by atoms with E-state index in [0.29, 0.717) is 50.3 Å². The van der Waals surface area contributed by atoms with Crippen molar-refractivity contribution in [2.45, 2.75) is 44.2 Å². The van der Waals surface area contributed by atoms with E-state index in [-0.39, 0.29) is 29.8 Å². The number of H-pyrrole nitrogens is 1. The minimum absolute atomic E-state index is 0.0745. The minimum Gasteiger partial charge on any atom is -0.490 e. The molecule has 9 heteroatoms. The summed E-state index contributed by atoms with van der Waals surface area (Å²) in [5.41, 5.74) is 9.32. The fraction of sp³-hybridized carbons (Fsp3) is 0.312. The van der Waals surface area contributed by atoms with Gasteiger partial charge in [-0.15, -0.1) is 0 Å². The quantitative estimate of drug-likeness (QED) is 0.227. The smallest absolute Gasteiger partial charge is 0.318 e. The second-order valence-electron chi connectivity index (χ2n) is 10.5. The highest BCUT2D eigenvalue weighted by Crippen LogP contribution is 2.29. The number of carbonyl (C=O) groups excluding carboxylic acids is 2. The Bertz CT molecular complexity index is 1480. The van der Waals surface area contributed by atoms with E-state index in [1.807, 2.05) is 61.7 Å². The first-order valence-corrected chi connectivity index (χ1v) is 14.0. The molecule has 41 heavy (non-hydrogen) atoms. The van der Waals surface area contributed by atoms with E-state index in [0.717, 1.165) is 22.0 Å². The van der Waals surface area contributed by atoms with Crippen molar-refractivity contribution >= 4 is 28.5 Å². The van der Waals surface area contributed by atoms with Crippen LogP contribution < -0.4 is 21.1 Å². The molecule has 3 amide bonds. The van der Waals surface area contributed by atoms with Gasteiger partial charge in [-0.25, -0.2) is 9.18 Å². The lowest BCUT2D eigenvalue weighted by molar-refractivity contribution is -0.118. The summed E-state index contributed by atoms with van der Waals surface area (Å²) in [6.07, 6.45) is 3.80. The van der Waals surface area contributed by atoms with Crippen molar-refractivity contribution < 1.29 is 18.7 Å². The van der Waals surface area contributed by atoms with Crippen molar-refractivity contribution in [1.82, 2.24) is 15.2 Å². The number of urea groups is 1. The number of ether oxygens (including phenoxy) is 1. The monoisotopic (exact) mass is 557 g/mol. The number of anilines is 1. The van der Waals surface area contributed by atoms with Crippen molar-refractivity contribution in [2.24, 2.45) is 5.73 Å². The molecule has 8 nitrogen and oxygen atoms in total. The van der Waals surface area contributed by atoms with Crippen LogP contribution in [0.15, 0.2) is 79.0 Å². The molecule has 0 spiro atoms. The molecule has 2 atom stereocenters. The molecule has 5 N–H and O–H groups in total. The first-order chi connectivity index (χ1) is 19.9. The lowest BCUT2D eigenvalue weighted by atomic mass is 9.92. The number of halogens is 1. The van der Waals surface area contributed by atoms with Crippen LogP contribution in [0.3, 0.4) is 0 Å². The van der Waals surface area contributed by atoms with Gasteiger partial charge in [-0.3, -0.25) is 4.79 Å². The number of likely N-dealkylation sites (tertiary alicyclic amines) is 1. The van der Waals surface area contributed by atoms with Crippen LogP contribution in [0, 0.1) is 5.82 Å². The highest BCUT2D eigenvalue weighted by Gasteiger charge is 2.32. The van der Waals surface area contributed by atoms with E-state index in [1.54, 1.807) is 17.0 Å². The number of carbonyl (C=O) groups is 2. The van der Waals surface area contributed by atoms with E-state index in [9.17, 15) is 14.0 Å². The molecule has 4 aromatic rings. The Morgan fingerprint density at radius 3 is 2.59 bits per heavy atom. The normalized spacial score (nSPS) is 15.3. The summed E-state index contributed by atoms with van der Waals surface area (Å²) in [6.45, 7) is 3.43. The van der Waals surface area contributed by atoms with Crippen LogP contribution in [-0.2, 0) is 11.2 Å². The average Bonchev–Trinajstić information content (AvgIpc) is 3.42. The van der Waals surface area contributed by atoms with Gasteiger partial charge in [-0.05, 0) is 66.6 Å². The van der Waals surface area contributed by atoms with Crippen LogP contribution in [0.5, 0.6) is 5.75 Å². The highest BCUT2D eigenvalue weighted by molar-refractivity contribution is 5.98. The van der Waals surface area contributed by atoms with Gasteiger partial charge in [0.25, 0.3) is 0 Å². The van der Waals surface area contributed by atoms with Crippen LogP contribution >= 0.6 is 0 Å². The number of hydrogen-bond acceptors (Lipinski definition) is 4. The second kappa shape index (κ2) is 12.9. The standard InChI is InChI=1S/C32H36FN5O3/c1-21(28-20-35-29-8-3-2-7-27(28)29)30(31(39)36-24-6-4-5-22(19-24)13-16-34)37-32(40)38-17-14-26(15-18-38)41-25-11-9-23(33)10-12-25/h2-12,19-21,26,30,35H,13-18,34H2,1H3,(H,36,39)(H,37,40). The summed E-state index contributed by atoms with van der Waals surface area (Å²) in [5.74, 6) is -0.320. The highest BCUT2D eigenvalue weighted by atomic mass is 19.1. The molecule has 3 aromatic carbocycles. The molecule has 0 aliphatic carbocycles. The number of aromatic amines is 1. The molecule has 5 rings (SSSR count). The average molecular weight is 558 g/mol. The Labute approximate surface area is 239 Å². The van der Waals surface area contributed by atoms with Gasteiger partial charge in [-0.1, -0.05) is 37.3 Å². The van der Waals surface area contributed by atoms with Crippen LogP contribution in [0.2, 0.25) is 0 Å². The third-order valence-corrected chi connectivity index (χ3v) is 7.65. The summed E-state index contributed by atoms with van der Waals surface area (Å²) >= 11 is 0. The number of fused-ring (bicyclic) bond motifs is 1. The number of hydrogen-bond donors (Lipinski definition) is 4. The Hall–Kier alpha value is -4.37. The molecule has 2 unspecified atom stereocenters. The molecule has 1 fully saturated rings. The van der Waals surface area contributed by atoms with Crippen LogP contribution in [0.1, 0.15) is 36.8 Å². The molecule has 1 aromatic heterocycles. The summed E-state index contributed by atoms with van der Waals surface area (Å²) in [7, 11) is 0. The number of nitrogens with one attached hydrogen (secondary N) is 3. The molecule has 0 bridgehead atoms. The Morgan fingerprint density at radius 1 is 1.07 bits per heavy atom. The van der Waals surface area contributed by atoms with Gasteiger partial charge in [0.05, 0.1) is 0 Å². The third kappa shape index (κ3) is 6.86. The maximum absolute atomic E-state index is 13.7. The lowest BCUT2D eigenvalue weighted by Crippen LogP contribution is -2.53. The van der Waals surface area contributed by atoms with E-state index < -0.39 is 6.04 Å². The molecule has 2 heterocycles. The number of aromatic nitrogens is 1. The van der Waals surface area contributed by atoms with E-state index >= 15 is 0 Å². The fourth-order valence-corrected chi connectivity index (χ4v) is 5.37. The number of nitrogens with zero attached hydrogens (tertiary/aromatic N) is 1. The van der Waals surface area contributed by atoms with Gasteiger partial charge < -0.3 is 31.0 Å². The second-order valence-corrected chi connectivity index (χ2v) is 10.5. The van der Waals surface area contributed by atoms with Crippen LogP contribution in [-0.4, -0.2) is 53.6 Å². The third-order valence-electron chi connectivity index (χ3n) is 7.65. The van der Waals surface area contributed by atoms with Gasteiger partial charge >= 0.3 is 6.03 Å². The van der Waals surface area contributed by atoms with Crippen molar-refractivity contribution in [2.75, 3.05) is 25.0 Å². The largest absolute Gasteiger partial charge is 0.490 e. The Kier molecular flexibility index (Phi) is 8.84. The van der Waals surface area contributed by atoms with E-state index in [4.69, 9.17) is 10.5 Å². The Morgan fingerprint density at radius 2 is 1.83 bits per heavy atom. The number of amides is 3. The van der Waals surface area contributed by atoms with Crippen molar-refractivity contribution in [3.63, 3.8) is 0 Å². The molecule has 1 aliphatic heterocycles. The first-order valence-electron chi connectivity index (χ1n) is 14.0. The van der Waals surface area contributed by atoms with E-state index in [2.05, 4.69) is 15.6 Å². The van der Waals surface area contributed by atoms with Crippen molar-refractivity contribution in [3.8, 4) is 5.75 Å². The predicted octanol–water partition coefficient (Wildman–Crippen LogP) is 5.17. The molecule has 1 saturated heterocycles. The lowest BCUT2D eigenvalue weighted by Gasteiger charge is -2.34. The number of rotatable bonds is 9. The fourth-order valence-electron chi connectivity index (χ4n) is 5.37. The SMILES string of the molecule is CC(c1c[nH]c2ccccc12)C(NC(=O)N1CCC(Oc2ccc(F)cc2)CC1)C(=O)Nc1cccc(CCN)c1. The zero-order valence-corrected chi connectivity index (χ0v) is 23.1. The zero-order valence-electron chi connectivity index (χ0n) is 23.1. The molecular formula is C32H36FN5O3. The summed E-state index contributed by atoms with van der Waals surface area (Å²) in [6, 6.07) is 20.3. The molecule has 214 valence electrons. The number of nitrogens with two attached hydrogens (primary N) is 1. The van der Waals surface area contributed by atoms with E-state index in [1.165, 1.54) is 12.1 Å². The van der Waals surface area contributed by atoms with Gasteiger partial charge in [0, 0.05) is 54.6 Å². The predicted molar refractivity (Wildman–Crippen MR) is 158 cm³/mol. The molecular weight excluding hydrogens is 521 g/mol. The van der Waals surface area contributed by atoms with Gasteiger partial charge in [-0.2, -0.15) is 0 Å². The molecule has 0 saturated carbocycles. The minimum atomic E-state index is -0.826. The number of benzene rings is 3. The first kappa shape index (κ1) is 28.2. The van der Waals surface area contributed by atoms with Gasteiger partial charge in [0.1, 0.15) is 23.7 Å². The Balaban J connectivity index is 1.29. The molecule has 0 radical (unpaired) electrons. The zero-order chi connectivity index (χ0) is 28.8. The summed E-state index contributed by atoms with van der Waals surface area (Å²) in [4.78, 5) is 32.2. The maximum Gasteiger partial charge on any atom is 0.318 e. The van der Waals surface area contributed by atoms with Crippen LogP contribution in [0.4, 0.5) is 14.9 Å². The van der Waals surface area contributed by atoms with Crippen molar-refractivity contribution in [3.05, 3.63) is 95.9 Å². The number of piperidine rings is 1. The maximum atomic E-state index is 13.7. The summed E-state index contributed by atoms with van der Waals surface area (Å²) in [5, 5.41) is 7.05. The topological polar surface area (TPSA) is 112 Å². The van der Waals surface area contributed by atoms with Crippen LogP contribution in [0.25, 0.3) is 10.9 Å². The summed E-state index contributed by atoms with van der Waals surface area (Å²) < 4.78 is 19.2. The van der Waals surface area contributed by atoms with Gasteiger partial charge in [0.2, 0.25) is 5.91 Å². The molecule has 1 aliphatic rings. The van der Waals surface area contributed by atoms with Crippen molar-refractivity contribution in [1.29, 1.82) is 0 Å². The van der Waals surface area contributed by atoms with Gasteiger partial charge in [0.15, 0.2) is 0 Å². The number of para-hydroxylation sites is 1.